The maximum Gasteiger partial charge on any atom is 0.271 e. The van der Waals surface area contributed by atoms with E-state index in [1.54, 1.807) is 37.4 Å². The van der Waals surface area contributed by atoms with Gasteiger partial charge in [0.1, 0.15) is 11.5 Å². The summed E-state index contributed by atoms with van der Waals surface area (Å²) in [6, 6.07) is 16.2. The highest BCUT2D eigenvalue weighted by molar-refractivity contribution is 5.99. The molecule has 2 N–H and O–H groups in total. The van der Waals surface area contributed by atoms with E-state index in [9.17, 15) is 9.90 Å². The van der Waals surface area contributed by atoms with Gasteiger partial charge < -0.3 is 9.84 Å². The molecule has 126 valence electrons. The Balaban J connectivity index is 1.75. The molecule has 0 aliphatic heterocycles. The van der Waals surface area contributed by atoms with Crippen LogP contribution in [0.1, 0.15) is 21.5 Å². The number of aromatic hydroxyl groups is 1. The largest absolute Gasteiger partial charge is 0.507 e. The van der Waals surface area contributed by atoms with Gasteiger partial charge in [0, 0.05) is 11.1 Å². The second kappa shape index (κ2) is 7.05. The lowest BCUT2D eigenvalue weighted by atomic mass is 10.1. The van der Waals surface area contributed by atoms with Crippen molar-refractivity contribution in [3.8, 4) is 11.5 Å². The third kappa shape index (κ3) is 3.77. The Hall–Kier alpha value is -3.34. The first-order chi connectivity index (χ1) is 12.1. The number of aryl methyl sites for hydroxylation is 1. The number of nitrogens with zero attached hydrogens (tertiary/aromatic N) is 1. The fraction of sp³-hybridized carbons (Fsp3) is 0.100. The first-order valence-corrected chi connectivity index (χ1v) is 7.77. The standard InChI is InChI=1S/C20H18N2O3/c1-13-3-8-19(23)17(9-13)12-21-22-20(24)16-5-4-15-11-18(25-2)7-6-14(15)10-16/h3-12,23H,1-2H3,(H,22,24)/b21-12+. The summed E-state index contributed by atoms with van der Waals surface area (Å²) in [4.78, 5) is 12.2. The van der Waals surface area contributed by atoms with E-state index < -0.39 is 0 Å². The summed E-state index contributed by atoms with van der Waals surface area (Å²) < 4.78 is 5.19. The van der Waals surface area contributed by atoms with E-state index in [-0.39, 0.29) is 11.7 Å². The first kappa shape index (κ1) is 16.5. The highest BCUT2D eigenvalue weighted by atomic mass is 16.5. The van der Waals surface area contributed by atoms with Crippen LogP contribution in [0.2, 0.25) is 0 Å². The van der Waals surface area contributed by atoms with E-state index in [0.717, 1.165) is 22.1 Å². The number of ether oxygens (including phenoxy) is 1. The van der Waals surface area contributed by atoms with Crippen molar-refractivity contribution in [2.75, 3.05) is 7.11 Å². The van der Waals surface area contributed by atoms with Crippen LogP contribution in [0, 0.1) is 6.92 Å². The van der Waals surface area contributed by atoms with Crippen LogP contribution >= 0.6 is 0 Å². The molecule has 0 saturated carbocycles. The molecular formula is C20H18N2O3. The van der Waals surface area contributed by atoms with E-state index >= 15 is 0 Å². The van der Waals surface area contributed by atoms with Gasteiger partial charge in [-0.05, 0) is 54.1 Å². The SMILES string of the molecule is COc1ccc2cc(C(=O)N/N=C/c3cc(C)ccc3O)ccc2c1. The van der Waals surface area contributed by atoms with E-state index in [2.05, 4.69) is 10.5 Å². The Morgan fingerprint density at radius 3 is 2.64 bits per heavy atom. The minimum absolute atomic E-state index is 0.114. The zero-order valence-corrected chi connectivity index (χ0v) is 14.0. The number of carbonyl (C=O) groups is 1. The molecule has 0 saturated heterocycles. The number of phenols is 1. The Morgan fingerprint density at radius 2 is 1.84 bits per heavy atom. The van der Waals surface area contributed by atoms with E-state index in [0.29, 0.717) is 11.1 Å². The number of hydrogen-bond donors (Lipinski definition) is 2. The van der Waals surface area contributed by atoms with Crippen LogP contribution in [0.25, 0.3) is 10.8 Å². The van der Waals surface area contributed by atoms with Crippen molar-refractivity contribution in [2.24, 2.45) is 5.10 Å². The molecular weight excluding hydrogens is 316 g/mol. The zero-order chi connectivity index (χ0) is 17.8. The van der Waals surface area contributed by atoms with Crippen molar-refractivity contribution >= 4 is 22.9 Å². The van der Waals surface area contributed by atoms with Gasteiger partial charge in [-0.25, -0.2) is 5.43 Å². The molecule has 5 nitrogen and oxygen atoms in total. The summed E-state index contributed by atoms with van der Waals surface area (Å²) in [6.07, 6.45) is 1.42. The fourth-order valence-electron chi connectivity index (χ4n) is 2.49. The van der Waals surface area contributed by atoms with Gasteiger partial charge in [0.05, 0.1) is 13.3 Å². The van der Waals surface area contributed by atoms with Crippen LogP contribution < -0.4 is 10.2 Å². The number of rotatable bonds is 4. The second-order valence-electron chi connectivity index (χ2n) is 5.69. The molecule has 0 fully saturated rings. The van der Waals surface area contributed by atoms with Gasteiger partial charge in [-0.2, -0.15) is 5.10 Å². The smallest absolute Gasteiger partial charge is 0.271 e. The van der Waals surface area contributed by atoms with Gasteiger partial charge in [0.2, 0.25) is 0 Å². The van der Waals surface area contributed by atoms with Crippen LogP contribution in [0.3, 0.4) is 0 Å². The summed E-state index contributed by atoms with van der Waals surface area (Å²) in [5.41, 5.74) is 4.52. The Labute approximate surface area is 145 Å². The predicted octanol–water partition coefficient (Wildman–Crippen LogP) is 3.63. The lowest BCUT2D eigenvalue weighted by Crippen LogP contribution is -2.17. The van der Waals surface area contributed by atoms with Crippen LogP contribution in [0.15, 0.2) is 59.7 Å². The molecule has 0 radical (unpaired) electrons. The molecule has 5 heteroatoms. The molecule has 0 spiro atoms. The van der Waals surface area contributed by atoms with Crippen molar-refractivity contribution in [3.05, 3.63) is 71.3 Å². The molecule has 0 heterocycles. The number of amides is 1. The maximum absolute atomic E-state index is 12.2. The Kier molecular flexibility index (Phi) is 4.66. The summed E-state index contributed by atoms with van der Waals surface area (Å²) in [5.74, 6) is 0.566. The lowest BCUT2D eigenvalue weighted by molar-refractivity contribution is 0.0955. The van der Waals surface area contributed by atoms with Gasteiger partial charge in [0.15, 0.2) is 0 Å². The third-order valence-electron chi connectivity index (χ3n) is 3.86. The number of hydrazone groups is 1. The summed E-state index contributed by atoms with van der Waals surface area (Å²) in [6.45, 7) is 1.92. The van der Waals surface area contributed by atoms with Gasteiger partial charge in [-0.15, -0.1) is 0 Å². The molecule has 0 aliphatic carbocycles. The Morgan fingerprint density at radius 1 is 1.08 bits per heavy atom. The quantitative estimate of drug-likeness (QED) is 0.565. The summed E-state index contributed by atoms with van der Waals surface area (Å²) >= 11 is 0. The van der Waals surface area contributed by atoms with E-state index in [1.807, 2.05) is 31.2 Å². The number of fused-ring (bicyclic) bond motifs is 1. The summed E-state index contributed by atoms with van der Waals surface area (Å²) in [5, 5.41) is 15.6. The molecule has 25 heavy (non-hydrogen) atoms. The van der Waals surface area contributed by atoms with Crippen molar-refractivity contribution < 1.29 is 14.6 Å². The topological polar surface area (TPSA) is 70.9 Å². The maximum atomic E-state index is 12.2. The van der Waals surface area contributed by atoms with E-state index in [4.69, 9.17) is 4.74 Å². The summed E-state index contributed by atoms with van der Waals surface area (Å²) in [7, 11) is 1.62. The molecule has 0 unspecified atom stereocenters. The highest BCUT2D eigenvalue weighted by Crippen LogP contribution is 2.22. The van der Waals surface area contributed by atoms with Crippen molar-refractivity contribution in [1.82, 2.24) is 5.43 Å². The fourth-order valence-corrected chi connectivity index (χ4v) is 2.49. The molecule has 0 aromatic heterocycles. The van der Waals surface area contributed by atoms with Gasteiger partial charge in [-0.3, -0.25) is 4.79 Å². The van der Waals surface area contributed by atoms with Crippen LogP contribution in [0.4, 0.5) is 0 Å². The Bertz CT molecular complexity index is 964. The number of hydrogen-bond acceptors (Lipinski definition) is 4. The average Bonchev–Trinajstić information content (AvgIpc) is 2.63. The average molecular weight is 334 g/mol. The molecule has 3 aromatic carbocycles. The van der Waals surface area contributed by atoms with Crippen LogP contribution in [-0.4, -0.2) is 24.3 Å². The minimum atomic E-state index is -0.318. The number of nitrogens with one attached hydrogen (secondary N) is 1. The monoisotopic (exact) mass is 334 g/mol. The van der Waals surface area contributed by atoms with Crippen molar-refractivity contribution in [3.63, 3.8) is 0 Å². The first-order valence-electron chi connectivity index (χ1n) is 7.77. The number of benzene rings is 3. The highest BCUT2D eigenvalue weighted by Gasteiger charge is 2.06. The van der Waals surface area contributed by atoms with Crippen molar-refractivity contribution in [1.29, 1.82) is 0 Å². The van der Waals surface area contributed by atoms with Gasteiger partial charge >= 0.3 is 0 Å². The molecule has 3 rings (SSSR count). The van der Waals surface area contributed by atoms with Crippen molar-refractivity contribution in [2.45, 2.75) is 6.92 Å². The minimum Gasteiger partial charge on any atom is -0.507 e. The van der Waals surface area contributed by atoms with E-state index in [1.165, 1.54) is 6.21 Å². The molecule has 3 aromatic rings. The van der Waals surface area contributed by atoms with Crippen LogP contribution in [-0.2, 0) is 0 Å². The molecule has 0 bridgehead atoms. The van der Waals surface area contributed by atoms with Gasteiger partial charge in [-0.1, -0.05) is 23.8 Å². The predicted molar refractivity (Wildman–Crippen MR) is 98.4 cm³/mol. The number of methoxy groups -OCH3 is 1. The lowest BCUT2D eigenvalue weighted by Gasteiger charge is -2.05. The third-order valence-corrected chi connectivity index (χ3v) is 3.86. The normalized spacial score (nSPS) is 11.0. The van der Waals surface area contributed by atoms with Crippen LogP contribution in [0.5, 0.6) is 11.5 Å². The second-order valence-corrected chi connectivity index (χ2v) is 5.69. The zero-order valence-electron chi connectivity index (χ0n) is 14.0. The van der Waals surface area contributed by atoms with Gasteiger partial charge in [0.25, 0.3) is 5.91 Å². The number of phenolic OH excluding ortho intramolecular Hbond substituents is 1. The molecule has 1 amide bonds. The number of carbonyl (C=O) groups excluding carboxylic acids is 1. The molecule has 0 atom stereocenters. The molecule has 0 aliphatic rings.